The Balaban J connectivity index is 3.69. The molecule has 0 heterocycles. The number of nitrogens with two attached hydrogens (primary N) is 1. The second-order valence-corrected chi connectivity index (χ2v) is 2.61. The molecule has 1 atom stereocenters. The maximum Gasteiger partial charge on any atom is 0.313 e. The van der Waals surface area contributed by atoms with Gasteiger partial charge in [-0.15, -0.1) is 0 Å². The van der Waals surface area contributed by atoms with Gasteiger partial charge in [0, 0.05) is 0 Å². The van der Waals surface area contributed by atoms with Crippen LogP contribution in [0.15, 0.2) is 0 Å². The number of rotatable bonds is 3. The largest absolute Gasteiger partial charge is 0.469 e. The minimum Gasteiger partial charge on any atom is -0.469 e. The van der Waals surface area contributed by atoms with Crippen molar-refractivity contribution in [2.75, 3.05) is 7.11 Å². The molecule has 0 aliphatic carbocycles. The number of esters is 1. The molecular formula is C5H8BrNO3. The van der Waals surface area contributed by atoms with Crippen molar-refractivity contribution in [3.8, 4) is 0 Å². The van der Waals surface area contributed by atoms with E-state index < -0.39 is 10.9 Å². The van der Waals surface area contributed by atoms with Crippen LogP contribution in [0.4, 0.5) is 0 Å². The van der Waals surface area contributed by atoms with Gasteiger partial charge in [0.15, 0.2) is 5.78 Å². The molecule has 0 spiro atoms. The molecule has 0 fully saturated rings. The first kappa shape index (κ1) is 9.58. The third kappa shape index (κ3) is 3.58. The topological polar surface area (TPSA) is 69.4 Å². The maximum absolute atomic E-state index is 10.6. The van der Waals surface area contributed by atoms with Gasteiger partial charge in [-0.3, -0.25) is 9.59 Å². The minimum absolute atomic E-state index is 0.275. The van der Waals surface area contributed by atoms with Crippen LogP contribution in [0.1, 0.15) is 6.42 Å². The summed E-state index contributed by atoms with van der Waals surface area (Å²) in [6.07, 6.45) is -0.275. The number of methoxy groups -OCH3 is 1. The molecular weight excluding hydrogens is 202 g/mol. The molecule has 0 bridgehead atoms. The van der Waals surface area contributed by atoms with Crippen LogP contribution in [-0.2, 0) is 14.3 Å². The van der Waals surface area contributed by atoms with Gasteiger partial charge in [-0.2, -0.15) is 0 Å². The van der Waals surface area contributed by atoms with Gasteiger partial charge < -0.3 is 10.5 Å². The van der Waals surface area contributed by atoms with Crippen LogP contribution in [0.5, 0.6) is 0 Å². The molecule has 0 amide bonds. The summed E-state index contributed by atoms with van der Waals surface area (Å²) in [5, 5.41) is 0. The van der Waals surface area contributed by atoms with E-state index in [4.69, 9.17) is 5.73 Å². The molecule has 0 aromatic rings. The van der Waals surface area contributed by atoms with E-state index in [0.717, 1.165) is 0 Å². The van der Waals surface area contributed by atoms with Crippen LogP contribution in [-0.4, -0.2) is 23.8 Å². The fourth-order valence-electron chi connectivity index (χ4n) is 0.312. The fraction of sp³-hybridized carbons (Fsp3) is 0.600. The number of ketones is 1. The smallest absolute Gasteiger partial charge is 0.313 e. The number of alkyl halides is 1. The normalized spacial score (nSPS) is 12.3. The number of hydrogen-bond acceptors (Lipinski definition) is 4. The average Bonchev–Trinajstić information content (AvgIpc) is 1.87. The molecule has 0 aliphatic heterocycles. The predicted octanol–water partition coefficient (Wildman–Crippen LogP) is -0.202. The summed E-state index contributed by atoms with van der Waals surface area (Å²) in [7, 11) is 1.22. The minimum atomic E-state index is -0.772. The van der Waals surface area contributed by atoms with Gasteiger partial charge in [0.25, 0.3) is 0 Å². The molecule has 0 rings (SSSR count). The van der Waals surface area contributed by atoms with Gasteiger partial charge in [0.2, 0.25) is 0 Å². The summed E-state index contributed by atoms with van der Waals surface area (Å²) < 4.78 is 4.23. The third-order valence-electron chi connectivity index (χ3n) is 0.854. The molecule has 1 unspecified atom stereocenters. The average molecular weight is 210 g/mol. The molecule has 5 heteroatoms. The highest BCUT2D eigenvalue weighted by atomic mass is 79.9. The molecule has 0 saturated carbocycles. The Labute approximate surface area is 66.8 Å². The summed E-state index contributed by atoms with van der Waals surface area (Å²) in [5.41, 5.74) is 5.10. The summed E-state index contributed by atoms with van der Waals surface area (Å²) in [5.74, 6) is -0.952. The van der Waals surface area contributed by atoms with E-state index in [0.29, 0.717) is 0 Å². The molecule has 0 aromatic carbocycles. The summed E-state index contributed by atoms with van der Waals surface area (Å²) in [6.45, 7) is 0. The maximum atomic E-state index is 10.6. The highest BCUT2D eigenvalue weighted by Crippen LogP contribution is 1.96. The molecule has 0 aromatic heterocycles. The van der Waals surface area contributed by atoms with Gasteiger partial charge in [0.05, 0.1) is 7.11 Å². The summed E-state index contributed by atoms with van der Waals surface area (Å²) in [4.78, 5) is 20.3. The van der Waals surface area contributed by atoms with Crippen molar-refractivity contribution in [2.45, 2.75) is 11.4 Å². The Morgan fingerprint density at radius 2 is 2.20 bits per heavy atom. The lowest BCUT2D eigenvalue weighted by molar-refractivity contribution is -0.143. The molecule has 0 saturated heterocycles. The molecule has 4 nitrogen and oxygen atoms in total. The SMILES string of the molecule is COC(=O)CC(=O)C(N)Br. The molecule has 2 N–H and O–H groups in total. The zero-order chi connectivity index (χ0) is 8.15. The fourth-order valence-corrected chi connectivity index (χ4v) is 0.474. The third-order valence-corrected chi connectivity index (χ3v) is 1.36. The Hall–Kier alpha value is -0.420. The van der Waals surface area contributed by atoms with E-state index in [1.165, 1.54) is 7.11 Å². The highest BCUT2D eigenvalue weighted by Gasteiger charge is 2.13. The van der Waals surface area contributed by atoms with Crippen molar-refractivity contribution in [3.05, 3.63) is 0 Å². The van der Waals surface area contributed by atoms with Crippen LogP contribution < -0.4 is 5.73 Å². The lowest BCUT2D eigenvalue weighted by Gasteiger charge is -1.99. The number of Topliss-reactive ketones (excluding diaryl/α,β-unsaturated/α-hetero) is 1. The number of hydrogen-bond donors (Lipinski definition) is 1. The first-order valence-corrected chi connectivity index (χ1v) is 3.48. The van der Waals surface area contributed by atoms with Crippen molar-refractivity contribution >= 4 is 27.7 Å². The Morgan fingerprint density at radius 3 is 2.50 bits per heavy atom. The first-order valence-electron chi connectivity index (χ1n) is 2.57. The van der Waals surface area contributed by atoms with Gasteiger partial charge in [-0.05, 0) is 0 Å². The standard InChI is InChI=1S/C5H8BrNO3/c1-10-4(9)2-3(8)5(6)7/h5H,2,7H2,1H3. The molecule has 10 heavy (non-hydrogen) atoms. The lowest BCUT2D eigenvalue weighted by atomic mass is 10.3. The Morgan fingerprint density at radius 1 is 1.70 bits per heavy atom. The van der Waals surface area contributed by atoms with Gasteiger partial charge >= 0.3 is 5.97 Å². The van der Waals surface area contributed by atoms with E-state index >= 15 is 0 Å². The van der Waals surface area contributed by atoms with Gasteiger partial charge in [-0.25, -0.2) is 0 Å². The highest BCUT2D eigenvalue weighted by molar-refractivity contribution is 9.09. The van der Waals surface area contributed by atoms with Crippen LogP contribution in [0.2, 0.25) is 0 Å². The number of ether oxygens (including phenoxy) is 1. The molecule has 0 aliphatic rings. The van der Waals surface area contributed by atoms with E-state index in [2.05, 4.69) is 20.7 Å². The summed E-state index contributed by atoms with van der Waals surface area (Å²) >= 11 is 2.82. The van der Waals surface area contributed by atoms with Crippen molar-refractivity contribution < 1.29 is 14.3 Å². The number of carbonyl (C=O) groups is 2. The number of halogens is 1. The van der Waals surface area contributed by atoms with Crippen molar-refractivity contribution in [3.63, 3.8) is 0 Å². The first-order chi connectivity index (χ1) is 4.57. The van der Waals surface area contributed by atoms with Crippen LogP contribution in [0.3, 0.4) is 0 Å². The van der Waals surface area contributed by atoms with Crippen LogP contribution in [0.25, 0.3) is 0 Å². The van der Waals surface area contributed by atoms with Gasteiger partial charge in [0.1, 0.15) is 11.4 Å². The molecule has 58 valence electrons. The monoisotopic (exact) mass is 209 g/mol. The van der Waals surface area contributed by atoms with E-state index in [-0.39, 0.29) is 12.2 Å². The number of carbonyl (C=O) groups excluding carboxylic acids is 2. The Kier molecular flexibility index (Phi) is 4.22. The predicted molar refractivity (Wildman–Crippen MR) is 38.5 cm³/mol. The van der Waals surface area contributed by atoms with Crippen molar-refractivity contribution in [2.24, 2.45) is 5.73 Å². The quantitative estimate of drug-likeness (QED) is 0.303. The van der Waals surface area contributed by atoms with E-state index in [1.807, 2.05) is 0 Å². The zero-order valence-corrected chi connectivity index (χ0v) is 7.05. The second kappa shape index (κ2) is 4.40. The van der Waals surface area contributed by atoms with Crippen molar-refractivity contribution in [1.29, 1.82) is 0 Å². The molecule has 0 radical (unpaired) electrons. The van der Waals surface area contributed by atoms with Gasteiger partial charge in [-0.1, -0.05) is 15.9 Å². The van der Waals surface area contributed by atoms with Crippen molar-refractivity contribution in [1.82, 2.24) is 0 Å². The lowest BCUT2D eigenvalue weighted by Crippen LogP contribution is -2.25. The van der Waals surface area contributed by atoms with Crippen LogP contribution in [0, 0.1) is 0 Å². The van der Waals surface area contributed by atoms with E-state index in [9.17, 15) is 9.59 Å². The summed E-state index contributed by atoms with van der Waals surface area (Å²) in [6, 6.07) is 0. The van der Waals surface area contributed by atoms with E-state index in [1.54, 1.807) is 0 Å². The zero-order valence-electron chi connectivity index (χ0n) is 5.46. The second-order valence-electron chi connectivity index (χ2n) is 1.62. The van der Waals surface area contributed by atoms with Crippen LogP contribution >= 0.6 is 15.9 Å². The Bertz CT molecular complexity index is 146.